The molecule has 1 unspecified atom stereocenters. The Labute approximate surface area is 191 Å². The molecule has 7 heteroatoms. The second kappa shape index (κ2) is 10.0. The first kappa shape index (κ1) is 23.6. The molecule has 164 valence electrons. The van der Waals surface area contributed by atoms with E-state index < -0.39 is 16.5 Å². The fraction of sp³-hybridized carbons (Fsp3) is 0.375. The zero-order valence-electron chi connectivity index (χ0n) is 18.0. The van der Waals surface area contributed by atoms with Gasteiger partial charge in [0, 0.05) is 22.6 Å². The van der Waals surface area contributed by atoms with Crippen molar-refractivity contribution < 1.29 is 24.0 Å². The number of thioether (sulfide) groups is 2. The summed E-state index contributed by atoms with van der Waals surface area (Å²) in [4.78, 5) is 39.2. The zero-order valence-corrected chi connectivity index (χ0v) is 19.6. The number of nitrogens with zero attached hydrogens (tertiary/aromatic N) is 1. The Morgan fingerprint density at radius 3 is 2.35 bits per heavy atom. The monoisotopic (exact) mass is 458 g/mol. The van der Waals surface area contributed by atoms with Gasteiger partial charge in [0.05, 0.1) is 11.2 Å². The van der Waals surface area contributed by atoms with Gasteiger partial charge in [-0.15, -0.1) is 11.8 Å². The molecule has 0 spiro atoms. The van der Waals surface area contributed by atoms with Crippen molar-refractivity contribution in [2.75, 3.05) is 12.3 Å². The van der Waals surface area contributed by atoms with E-state index in [-0.39, 0.29) is 34.6 Å². The van der Waals surface area contributed by atoms with Gasteiger partial charge in [-0.1, -0.05) is 59.8 Å². The lowest BCUT2D eigenvalue weighted by atomic mass is 10.1. The van der Waals surface area contributed by atoms with Crippen molar-refractivity contribution in [3.05, 3.63) is 65.7 Å². The van der Waals surface area contributed by atoms with E-state index in [0.29, 0.717) is 12.0 Å². The summed E-state index contributed by atoms with van der Waals surface area (Å²) in [5, 5.41) is 10.0. The summed E-state index contributed by atoms with van der Waals surface area (Å²) in [6.45, 7) is 5.86. The predicted molar refractivity (Wildman–Crippen MR) is 125 cm³/mol. The molecule has 2 aromatic carbocycles. The van der Waals surface area contributed by atoms with Gasteiger partial charge in [0.1, 0.15) is 12.6 Å². The van der Waals surface area contributed by atoms with Gasteiger partial charge in [-0.05, 0) is 32.9 Å². The summed E-state index contributed by atoms with van der Waals surface area (Å²) in [6.07, 6.45) is -0.449. The fourth-order valence-electron chi connectivity index (χ4n) is 4.02. The summed E-state index contributed by atoms with van der Waals surface area (Å²) in [6, 6.07) is 16.7. The van der Waals surface area contributed by atoms with E-state index >= 15 is 0 Å². The van der Waals surface area contributed by atoms with Crippen LogP contribution in [0, 0.1) is 12.8 Å². The highest BCUT2D eigenvalue weighted by molar-refractivity contribution is 8.14. The summed E-state index contributed by atoms with van der Waals surface area (Å²) in [7, 11) is 0. The number of carboxylic acid groups (broad SMARTS) is 1. The second-order valence-electron chi connectivity index (χ2n) is 8.18. The minimum atomic E-state index is -1.10. The van der Waals surface area contributed by atoms with Crippen molar-refractivity contribution in [3.8, 4) is 0 Å². The van der Waals surface area contributed by atoms with Crippen molar-refractivity contribution >= 4 is 40.6 Å². The Hall–Kier alpha value is -2.09. The zero-order chi connectivity index (χ0) is 22.6. The van der Waals surface area contributed by atoms with Crippen LogP contribution in [0.25, 0.3) is 0 Å². The van der Waals surface area contributed by atoms with Gasteiger partial charge in [-0.25, -0.2) is 4.79 Å². The van der Waals surface area contributed by atoms with Crippen molar-refractivity contribution in [1.82, 2.24) is 0 Å². The summed E-state index contributed by atoms with van der Waals surface area (Å²) in [5.41, 5.74) is 1.75. The Bertz CT molecular complexity index is 948. The van der Waals surface area contributed by atoms with Gasteiger partial charge >= 0.3 is 12.0 Å². The molecule has 2 aromatic rings. The molecule has 31 heavy (non-hydrogen) atoms. The van der Waals surface area contributed by atoms with Crippen LogP contribution < -0.4 is 0 Å². The standard InChI is InChI=1S/C24H27NO4S2/c1-16-9-11-20(12-10-16)31-21-13-18(3)25(14-21,24(28)29)22(26)17(2)15-30-23(27)19-7-5-4-6-8-19/h4-12,17-18,21H,13-15H2,1-3H3/p+1/t17?,18-,21-,25-/m1/s1. The lowest BCUT2D eigenvalue weighted by molar-refractivity contribution is -0.793. The van der Waals surface area contributed by atoms with Gasteiger partial charge in [-0.2, -0.15) is 9.28 Å². The number of aryl methyl sites for hydroxylation is 1. The smallest absolute Gasteiger partial charge is 0.435 e. The third-order valence-corrected chi connectivity index (χ3v) is 8.19. The molecule has 1 fully saturated rings. The molecule has 1 saturated heterocycles. The number of hydrogen-bond donors (Lipinski definition) is 1. The average molecular weight is 459 g/mol. The maximum Gasteiger partial charge on any atom is 0.521 e. The molecule has 1 aliphatic heterocycles. The number of imide groups is 1. The van der Waals surface area contributed by atoms with E-state index in [2.05, 4.69) is 0 Å². The van der Waals surface area contributed by atoms with Crippen LogP contribution in [0.1, 0.15) is 36.2 Å². The fourth-order valence-corrected chi connectivity index (χ4v) is 6.23. The lowest BCUT2D eigenvalue weighted by Gasteiger charge is -2.31. The van der Waals surface area contributed by atoms with Crippen LogP contribution in [0.3, 0.4) is 0 Å². The van der Waals surface area contributed by atoms with Gasteiger partial charge in [0.15, 0.2) is 0 Å². The second-order valence-corrected chi connectivity index (χ2v) is 10.5. The summed E-state index contributed by atoms with van der Waals surface area (Å²) in [5.74, 6) is -0.595. The molecular formula is C24H28NO4S2+. The van der Waals surface area contributed by atoms with Crippen molar-refractivity contribution in [3.63, 3.8) is 0 Å². The number of quaternary nitrogens is 1. The van der Waals surface area contributed by atoms with E-state index in [0.717, 1.165) is 16.7 Å². The van der Waals surface area contributed by atoms with Crippen molar-refractivity contribution in [2.45, 2.75) is 43.4 Å². The van der Waals surface area contributed by atoms with Crippen molar-refractivity contribution in [1.29, 1.82) is 0 Å². The topological polar surface area (TPSA) is 71.4 Å². The molecular weight excluding hydrogens is 430 g/mol. The normalized spacial score (nSPS) is 24.0. The highest BCUT2D eigenvalue weighted by atomic mass is 32.2. The van der Waals surface area contributed by atoms with E-state index in [1.807, 2.05) is 44.2 Å². The first-order chi connectivity index (χ1) is 14.7. The van der Waals surface area contributed by atoms with Gasteiger partial charge in [0.25, 0.3) is 0 Å². The number of carbonyl (C=O) groups excluding carboxylic acids is 2. The first-order valence-corrected chi connectivity index (χ1v) is 12.2. The number of likely N-dealkylation sites (tertiary alicyclic amines) is 1. The summed E-state index contributed by atoms with van der Waals surface area (Å²) < 4.78 is -0.565. The van der Waals surface area contributed by atoms with Crippen LogP contribution in [0.5, 0.6) is 0 Å². The van der Waals surface area contributed by atoms with E-state index in [9.17, 15) is 19.5 Å². The van der Waals surface area contributed by atoms with E-state index in [1.165, 1.54) is 5.56 Å². The van der Waals surface area contributed by atoms with Gasteiger partial charge in [0.2, 0.25) is 5.12 Å². The SMILES string of the molecule is Cc1ccc(S[C@@H]2C[C@@H](C)[N@@+](C(=O)O)(C(=O)C(C)CSC(=O)c3ccccc3)C2)cc1. The molecule has 0 bridgehead atoms. The molecule has 0 aromatic heterocycles. The first-order valence-electron chi connectivity index (χ1n) is 10.3. The van der Waals surface area contributed by atoms with Crippen molar-refractivity contribution in [2.24, 2.45) is 5.92 Å². The van der Waals surface area contributed by atoms with Crippen LogP contribution in [0.4, 0.5) is 4.79 Å². The Morgan fingerprint density at radius 2 is 1.74 bits per heavy atom. The highest BCUT2D eigenvalue weighted by Crippen LogP contribution is 2.39. The molecule has 1 aliphatic rings. The maximum atomic E-state index is 13.4. The number of carbonyl (C=O) groups is 3. The van der Waals surface area contributed by atoms with Crippen LogP contribution in [0.2, 0.25) is 0 Å². The average Bonchev–Trinajstić information content (AvgIpc) is 3.10. The van der Waals surface area contributed by atoms with Crippen LogP contribution >= 0.6 is 23.5 Å². The van der Waals surface area contributed by atoms with E-state index in [4.69, 9.17) is 0 Å². The Balaban J connectivity index is 1.69. The van der Waals surface area contributed by atoms with E-state index in [1.54, 1.807) is 43.0 Å². The largest absolute Gasteiger partial charge is 0.521 e. The summed E-state index contributed by atoms with van der Waals surface area (Å²) >= 11 is 2.71. The highest BCUT2D eigenvalue weighted by Gasteiger charge is 2.57. The third kappa shape index (κ3) is 5.22. The predicted octanol–water partition coefficient (Wildman–Crippen LogP) is 5.48. The van der Waals surface area contributed by atoms with Crippen LogP contribution in [-0.4, -0.2) is 50.3 Å². The van der Waals surface area contributed by atoms with Gasteiger partial charge < -0.3 is 5.11 Å². The number of rotatable bonds is 6. The maximum absolute atomic E-state index is 13.4. The molecule has 1 N–H and O–H groups in total. The van der Waals surface area contributed by atoms with Crippen LogP contribution in [-0.2, 0) is 4.79 Å². The minimum Gasteiger partial charge on any atom is -0.435 e. The molecule has 4 atom stereocenters. The van der Waals surface area contributed by atoms with Gasteiger partial charge in [-0.3, -0.25) is 4.79 Å². The van der Waals surface area contributed by atoms with Crippen LogP contribution in [0.15, 0.2) is 59.5 Å². The molecule has 0 aliphatic carbocycles. The molecule has 3 rings (SSSR count). The molecule has 1 heterocycles. The quantitative estimate of drug-likeness (QED) is 0.578. The Morgan fingerprint density at radius 1 is 1.10 bits per heavy atom. The molecule has 0 radical (unpaired) electrons. The number of amides is 2. The lowest BCUT2D eigenvalue weighted by Crippen LogP contribution is -2.61. The number of benzene rings is 2. The minimum absolute atomic E-state index is 0.0450. The third-order valence-electron chi connectivity index (χ3n) is 5.80. The molecule has 2 amide bonds. The molecule has 0 saturated carbocycles. The Kier molecular flexibility index (Phi) is 7.62. The number of hydrogen-bond acceptors (Lipinski definition) is 5. The molecule has 5 nitrogen and oxygen atoms in total.